The summed E-state index contributed by atoms with van der Waals surface area (Å²) >= 11 is 0. The van der Waals surface area contributed by atoms with Gasteiger partial charge in [-0.05, 0) is 48.4 Å². The summed E-state index contributed by atoms with van der Waals surface area (Å²) in [5.41, 5.74) is 2.91. The summed E-state index contributed by atoms with van der Waals surface area (Å²) in [4.78, 5) is 0. The van der Waals surface area contributed by atoms with Gasteiger partial charge in [0.05, 0.1) is 20.3 Å². The number of ether oxygens (including phenoxy) is 3. The van der Waals surface area contributed by atoms with E-state index in [-0.39, 0.29) is 6.29 Å². The van der Waals surface area contributed by atoms with Crippen molar-refractivity contribution in [3.05, 3.63) is 29.3 Å². The molecule has 1 atom stereocenters. The van der Waals surface area contributed by atoms with Crippen LogP contribution in [0.3, 0.4) is 0 Å². The van der Waals surface area contributed by atoms with Crippen LogP contribution in [0.15, 0.2) is 18.2 Å². The fourth-order valence-corrected chi connectivity index (χ4v) is 2.68. The molecule has 3 rings (SSSR count). The van der Waals surface area contributed by atoms with Crippen LogP contribution in [0.4, 0.5) is 0 Å². The second-order valence-electron chi connectivity index (χ2n) is 4.71. The van der Waals surface area contributed by atoms with Crippen molar-refractivity contribution in [2.24, 2.45) is 0 Å². The molecule has 0 N–H and O–H groups in total. The Bertz CT molecular complexity index is 396. The molecule has 2 aliphatic rings. The molecule has 0 amide bonds. The van der Waals surface area contributed by atoms with Crippen LogP contribution in [0.5, 0.6) is 5.75 Å². The lowest BCUT2D eigenvalue weighted by Crippen LogP contribution is -2.19. The largest absolute Gasteiger partial charge is 0.497 e. The molecule has 0 spiro atoms. The van der Waals surface area contributed by atoms with Crippen LogP contribution in [0.1, 0.15) is 29.9 Å². The van der Waals surface area contributed by atoms with Crippen molar-refractivity contribution in [2.75, 3.05) is 20.3 Å². The normalized spacial score (nSPS) is 23.2. The summed E-state index contributed by atoms with van der Waals surface area (Å²) < 4.78 is 16.2. The summed E-state index contributed by atoms with van der Waals surface area (Å²) in [7, 11) is 1.72. The van der Waals surface area contributed by atoms with E-state index in [0.29, 0.717) is 5.92 Å². The zero-order valence-electron chi connectivity index (χ0n) is 10.1. The minimum Gasteiger partial charge on any atom is -0.497 e. The van der Waals surface area contributed by atoms with Gasteiger partial charge in [-0.1, -0.05) is 6.07 Å². The van der Waals surface area contributed by atoms with Gasteiger partial charge < -0.3 is 14.2 Å². The highest BCUT2D eigenvalue weighted by atomic mass is 16.7. The van der Waals surface area contributed by atoms with E-state index in [9.17, 15) is 0 Å². The number of benzene rings is 1. The van der Waals surface area contributed by atoms with Crippen molar-refractivity contribution >= 4 is 0 Å². The van der Waals surface area contributed by atoms with Gasteiger partial charge in [-0.25, -0.2) is 0 Å². The predicted molar refractivity (Wildman–Crippen MR) is 64.4 cm³/mol. The van der Waals surface area contributed by atoms with Crippen molar-refractivity contribution in [2.45, 2.75) is 31.5 Å². The van der Waals surface area contributed by atoms with Gasteiger partial charge in [-0.15, -0.1) is 0 Å². The van der Waals surface area contributed by atoms with Crippen LogP contribution in [0, 0.1) is 0 Å². The van der Waals surface area contributed by atoms with E-state index < -0.39 is 0 Å². The Kier molecular flexibility index (Phi) is 3.04. The molecule has 0 bridgehead atoms. The van der Waals surface area contributed by atoms with Crippen molar-refractivity contribution < 1.29 is 14.2 Å². The Balaban J connectivity index is 1.58. The molecule has 1 unspecified atom stereocenters. The van der Waals surface area contributed by atoms with Gasteiger partial charge in [0.1, 0.15) is 5.75 Å². The number of hydrogen-bond donors (Lipinski definition) is 0. The standard InChI is InChI=1S/C14H18O3/c1-15-12-4-2-10-8-11(13(10)9-12)3-5-14-16-6-7-17-14/h2,4,9,11,14H,3,5-8H2,1H3. The van der Waals surface area contributed by atoms with Gasteiger partial charge in [-0.3, -0.25) is 0 Å². The first kappa shape index (κ1) is 11.1. The predicted octanol–water partition coefficient (Wildman–Crippen LogP) is 2.49. The maximum Gasteiger partial charge on any atom is 0.157 e. The van der Waals surface area contributed by atoms with Crippen LogP contribution < -0.4 is 4.74 Å². The number of hydrogen-bond acceptors (Lipinski definition) is 3. The van der Waals surface area contributed by atoms with Crippen LogP contribution >= 0.6 is 0 Å². The van der Waals surface area contributed by atoms with Crippen molar-refractivity contribution in [3.63, 3.8) is 0 Å². The molecular formula is C14H18O3. The molecule has 0 saturated carbocycles. The van der Waals surface area contributed by atoms with Crippen molar-refractivity contribution in [3.8, 4) is 5.75 Å². The van der Waals surface area contributed by atoms with E-state index in [2.05, 4.69) is 12.1 Å². The minimum atomic E-state index is 0.0321. The molecule has 1 aromatic carbocycles. The number of methoxy groups -OCH3 is 1. The van der Waals surface area contributed by atoms with E-state index in [4.69, 9.17) is 14.2 Å². The SMILES string of the molecule is COc1ccc2c(c1)C(CCC1OCCO1)C2. The average Bonchev–Trinajstić information content (AvgIpc) is 2.83. The molecule has 1 aliphatic heterocycles. The molecule has 1 fully saturated rings. The third-order valence-corrected chi connectivity index (χ3v) is 3.70. The summed E-state index contributed by atoms with van der Waals surface area (Å²) in [5, 5.41) is 0. The Hall–Kier alpha value is -1.06. The third-order valence-electron chi connectivity index (χ3n) is 3.70. The van der Waals surface area contributed by atoms with E-state index >= 15 is 0 Å². The monoisotopic (exact) mass is 234 g/mol. The fourth-order valence-electron chi connectivity index (χ4n) is 2.68. The first-order valence-corrected chi connectivity index (χ1v) is 6.27. The summed E-state index contributed by atoms with van der Waals surface area (Å²) in [6.07, 6.45) is 3.36. The Labute approximate surface area is 102 Å². The lowest BCUT2D eigenvalue weighted by molar-refractivity contribution is -0.0490. The molecule has 0 radical (unpaired) electrons. The Morgan fingerprint density at radius 1 is 1.24 bits per heavy atom. The van der Waals surface area contributed by atoms with E-state index in [0.717, 1.165) is 31.8 Å². The Morgan fingerprint density at radius 2 is 2.06 bits per heavy atom. The van der Waals surface area contributed by atoms with E-state index in [1.807, 2.05) is 6.07 Å². The summed E-state index contributed by atoms with van der Waals surface area (Å²) in [6.45, 7) is 1.50. The molecule has 3 nitrogen and oxygen atoms in total. The molecular weight excluding hydrogens is 216 g/mol. The van der Waals surface area contributed by atoms with E-state index in [1.54, 1.807) is 7.11 Å². The van der Waals surface area contributed by atoms with Crippen molar-refractivity contribution in [1.29, 1.82) is 0 Å². The van der Waals surface area contributed by atoms with Gasteiger partial charge in [-0.2, -0.15) is 0 Å². The minimum absolute atomic E-state index is 0.0321. The van der Waals surface area contributed by atoms with Gasteiger partial charge in [0.25, 0.3) is 0 Å². The molecule has 1 aromatic rings. The van der Waals surface area contributed by atoms with Crippen LogP contribution in [-0.4, -0.2) is 26.6 Å². The number of rotatable bonds is 4. The molecule has 3 heteroatoms. The highest BCUT2D eigenvalue weighted by Gasteiger charge is 2.28. The highest BCUT2D eigenvalue weighted by Crippen LogP contribution is 2.40. The molecule has 1 aliphatic carbocycles. The maximum atomic E-state index is 5.46. The first-order chi connectivity index (χ1) is 8.36. The zero-order valence-corrected chi connectivity index (χ0v) is 10.1. The lowest BCUT2D eigenvalue weighted by atomic mass is 9.75. The third kappa shape index (κ3) is 2.17. The highest BCUT2D eigenvalue weighted by molar-refractivity contribution is 5.45. The van der Waals surface area contributed by atoms with E-state index in [1.165, 1.54) is 17.5 Å². The molecule has 0 aromatic heterocycles. The van der Waals surface area contributed by atoms with Gasteiger partial charge in [0.2, 0.25) is 0 Å². The van der Waals surface area contributed by atoms with Gasteiger partial charge in [0, 0.05) is 0 Å². The second-order valence-corrected chi connectivity index (χ2v) is 4.71. The van der Waals surface area contributed by atoms with Crippen LogP contribution in [0.2, 0.25) is 0 Å². The first-order valence-electron chi connectivity index (χ1n) is 6.27. The van der Waals surface area contributed by atoms with Gasteiger partial charge in [0.15, 0.2) is 6.29 Å². The zero-order chi connectivity index (χ0) is 11.7. The van der Waals surface area contributed by atoms with Gasteiger partial charge >= 0.3 is 0 Å². The van der Waals surface area contributed by atoms with Crippen LogP contribution in [0.25, 0.3) is 0 Å². The Morgan fingerprint density at radius 3 is 2.82 bits per heavy atom. The smallest absolute Gasteiger partial charge is 0.157 e. The topological polar surface area (TPSA) is 27.7 Å². The lowest BCUT2D eigenvalue weighted by Gasteiger charge is -2.31. The average molecular weight is 234 g/mol. The van der Waals surface area contributed by atoms with Crippen molar-refractivity contribution in [1.82, 2.24) is 0 Å². The number of fused-ring (bicyclic) bond motifs is 1. The maximum absolute atomic E-state index is 5.46. The molecule has 17 heavy (non-hydrogen) atoms. The second kappa shape index (κ2) is 4.67. The fraction of sp³-hybridized carbons (Fsp3) is 0.571. The quantitative estimate of drug-likeness (QED) is 0.801. The van der Waals surface area contributed by atoms with Crippen LogP contribution in [-0.2, 0) is 15.9 Å². The molecule has 1 saturated heterocycles. The summed E-state index contributed by atoms with van der Waals surface area (Å²) in [6, 6.07) is 6.38. The molecule has 1 heterocycles. The summed E-state index contributed by atoms with van der Waals surface area (Å²) in [5.74, 6) is 1.62. The molecule has 92 valence electrons.